The molecular weight excluding hydrogens is 376 g/mol. The molecule has 4 nitrogen and oxygen atoms in total. The van der Waals surface area contributed by atoms with Crippen molar-refractivity contribution in [2.24, 2.45) is 0 Å². The maximum absolute atomic E-state index is 13.0. The predicted molar refractivity (Wildman–Crippen MR) is 95.6 cm³/mol. The number of nitrogens with zero attached hydrogens (tertiary/aromatic N) is 1. The van der Waals surface area contributed by atoms with E-state index in [1.165, 1.54) is 53.2 Å². The molecule has 144 valence electrons. The third-order valence-electron chi connectivity index (χ3n) is 3.98. The van der Waals surface area contributed by atoms with E-state index in [0.29, 0.717) is 5.56 Å². The monoisotopic (exact) mass is 390 g/mol. The zero-order chi connectivity index (χ0) is 20.3. The van der Waals surface area contributed by atoms with Crippen LogP contribution in [0.2, 0.25) is 0 Å². The predicted octanol–water partition coefficient (Wildman–Crippen LogP) is 4.31. The normalized spacial score (nSPS) is 11.3. The van der Waals surface area contributed by atoms with E-state index >= 15 is 0 Å². The van der Waals surface area contributed by atoms with Crippen LogP contribution in [-0.4, -0.2) is 10.5 Å². The van der Waals surface area contributed by atoms with E-state index < -0.39 is 29.0 Å². The Morgan fingerprint density at radius 1 is 1.00 bits per heavy atom. The minimum absolute atomic E-state index is 0.0758. The van der Waals surface area contributed by atoms with Gasteiger partial charge in [-0.05, 0) is 48.0 Å². The molecule has 0 radical (unpaired) electrons. The second-order valence-corrected chi connectivity index (χ2v) is 6.01. The molecule has 1 N–H and O–H groups in total. The van der Waals surface area contributed by atoms with E-state index in [0.717, 1.165) is 18.2 Å². The molecule has 28 heavy (non-hydrogen) atoms. The minimum atomic E-state index is -4.55. The number of amides is 1. The van der Waals surface area contributed by atoms with Crippen LogP contribution >= 0.6 is 0 Å². The van der Waals surface area contributed by atoms with Gasteiger partial charge in [-0.2, -0.15) is 13.2 Å². The number of pyridine rings is 1. The number of carbonyl (C=O) groups is 1. The van der Waals surface area contributed by atoms with Crippen LogP contribution in [0.25, 0.3) is 0 Å². The van der Waals surface area contributed by atoms with Crippen LogP contribution < -0.4 is 10.9 Å². The SMILES string of the molecule is O=C(Nc1cccc(C(F)(F)F)c1)c1cccn(Cc2ccc(F)cc2)c1=O. The van der Waals surface area contributed by atoms with E-state index in [-0.39, 0.29) is 17.8 Å². The summed E-state index contributed by atoms with van der Waals surface area (Å²) in [6.45, 7) is 0.115. The van der Waals surface area contributed by atoms with Gasteiger partial charge in [0.25, 0.3) is 11.5 Å². The fourth-order valence-electron chi connectivity index (χ4n) is 2.59. The Hall–Kier alpha value is -3.42. The zero-order valence-electron chi connectivity index (χ0n) is 14.3. The van der Waals surface area contributed by atoms with E-state index in [1.807, 2.05) is 0 Å². The number of carbonyl (C=O) groups excluding carboxylic acids is 1. The summed E-state index contributed by atoms with van der Waals surface area (Å²) in [5.74, 6) is -1.23. The van der Waals surface area contributed by atoms with Crippen molar-refractivity contribution in [1.82, 2.24) is 4.57 Å². The standard InChI is InChI=1S/C20H14F4N2O2/c21-15-8-6-13(7-9-15)12-26-10-2-5-17(19(26)28)18(27)25-16-4-1-3-14(11-16)20(22,23)24/h1-11H,12H2,(H,25,27). The van der Waals surface area contributed by atoms with Crippen LogP contribution in [0.4, 0.5) is 23.2 Å². The van der Waals surface area contributed by atoms with Crippen molar-refractivity contribution >= 4 is 11.6 Å². The first-order valence-electron chi connectivity index (χ1n) is 8.16. The Balaban J connectivity index is 1.83. The molecule has 0 bridgehead atoms. The number of aromatic nitrogens is 1. The second kappa shape index (κ2) is 7.67. The van der Waals surface area contributed by atoms with Gasteiger partial charge in [-0.3, -0.25) is 9.59 Å². The zero-order valence-corrected chi connectivity index (χ0v) is 14.3. The Bertz CT molecular complexity index is 1060. The highest BCUT2D eigenvalue weighted by Crippen LogP contribution is 2.30. The molecule has 0 saturated heterocycles. The van der Waals surface area contributed by atoms with Gasteiger partial charge in [-0.15, -0.1) is 0 Å². The molecule has 0 aliphatic carbocycles. The van der Waals surface area contributed by atoms with E-state index in [9.17, 15) is 27.2 Å². The first-order chi connectivity index (χ1) is 13.2. The van der Waals surface area contributed by atoms with Gasteiger partial charge in [0, 0.05) is 11.9 Å². The maximum Gasteiger partial charge on any atom is 0.416 e. The van der Waals surface area contributed by atoms with Crippen molar-refractivity contribution in [3.05, 3.63) is 99.7 Å². The molecule has 2 aromatic carbocycles. The van der Waals surface area contributed by atoms with Crippen LogP contribution in [0.15, 0.2) is 71.7 Å². The molecule has 0 saturated carbocycles. The highest BCUT2D eigenvalue weighted by molar-refractivity contribution is 6.04. The number of anilines is 1. The summed E-state index contributed by atoms with van der Waals surface area (Å²) in [6, 6.07) is 12.4. The molecule has 3 aromatic rings. The number of hydrogen-bond donors (Lipinski definition) is 1. The first kappa shape index (κ1) is 19.3. The fraction of sp³-hybridized carbons (Fsp3) is 0.100. The van der Waals surface area contributed by atoms with Crippen molar-refractivity contribution in [1.29, 1.82) is 0 Å². The number of hydrogen-bond acceptors (Lipinski definition) is 2. The van der Waals surface area contributed by atoms with Crippen molar-refractivity contribution in [3.63, 3.8) is 0 Å². The summed E-state index contributed by atoms with van der Waals surface area (Å²) in [7, 11) is 0. The molecule has 0 aliphatic heterocycles. The lowest BCUT2D eigenvalue weighted by atomic mass is 10.1. The molecule has 1 amide bonds. The average Bonchev–Trinajstić information content (AvgIpc) is 2.64. The Labute approximate surface area is 157 Å². The number of nitrogens with one attached hydrogen (secondary N) is 1. The van der Waals surface area contributed by atoms with Gasteiger partial charge in [0.2, 0.25) is 0 Å². The Kier molecular flexibility index (Phi) is 5.30. The topological polar surface area (TPSA) is 51.1 Å². The summed E-state index contributed by atoms with van der Waals surface area (Å²) in [6.07, 6.45) is -3.08. The summed E-state index contributed by atoms with van der Waals surface area (Å²) in [5, 5.41) is 2.31. The number of alkyl halides is 3. The lowest BCUT2D eigenvalue weighted by Gasteiger charge is -2.11. The molecule has 3 rings (SSSR count). The largest absolute Gasteiger partial charge is 0.416 e. The highest BCUT2D eigenvalue weighted by Gasteiger charge is 2.30. The van der Waals surface area contributed by atoms with Gasteiger partial charge in [-0.25, -0.2) is 4.39 Å². The molecule has 0 spiro atoms. The van der Waals surface area contributed by atoms with Crippen LogP contribution in [0.3, 0.4) is 0 Å². The van der Waals surface area contributed by atoms with Crippen LogP contribution in [0.5, 0.6) is 0 Å². The number of benzene rings is 2. The maximum atomic E-state index is 13.0. The van der Waals surface area contributed by atoms with Crippen molar-refractivity contribution in [3.8, 4) is 0 Å². The summed E-state index contributed by atoms with van der Waals surface area (Å²) in [4.78, 5) is 24.9. The molecular formula is C20H14F4N2O2. The minimum Gasteiger partial charge on any atom is -0.322 e. The third kappa shape index (κ3) is 4.46. The Morgan fingerprint density at radius 3 is 2.39 bits per heavy atom. The van der Waals surface area contributed by atoms with Gasteiger partial charge in [0.05, 0.1) is 12.1 Å². The summed E-state index contributed by atoms with van der Waals surface area (Å²) >= 11 is 0. The summed E-state index contributed by atoms with van der Waals surface area (Å²) in [5.41, 5.74) is -1.17. The molecule has 1 heterocycles. The highest BCUT2D eigenvalue weighted by atomic mass is 19.4. The smallest absolute Gasteiger partial charge is 0.322 e. The second-order valence-electron chi connectivity index (χ2n) is 6.01. The van der Waals surface area contributed by atoms with Crippen molar-refractivity contribution in [2.45, 2.75) is 12.7 Å². The molecule has 8 heteroatoms. The van der Waals surface area contributed by atoms with Crippen LogP contribution in [0.1, 0.15) is 21.5 Å². The lowest BCUT2D eigenvalue weighted by Crippen LogP contribution is -2.29. The van der Waals surface area contributed by atoms with Gasteiger partial charge in [0.15, 0.2) is 0 Å². The molecule has 0 fully saturated rings. The fourth-order valence-corrected chi connectivity index (χ4v) is 2.59. The van der Waals surface area contributed by atoms with Crippen LogP contribution in [0, 0.1) is 5.82 Å². The lowest BCUT2D eigenvalue weighted by molar-refractivity contribution is -0.137. The van der Waals surface area contributed by atoms with E-state index in [4.69, 9.17) is 0 Å². The average molecular weight is 390 g/mol. The third-order valence-corrected chi connectivity index (χ3v) is 3.98. The van der Waals surface area contributed by atoms with E-state index in [2.05, 4.69) is 5.32 Å². The van der Waals surface area contributed by atoms with Gasteiger partial charge in [0.1, 0.15) is 11.4 Å². The Morgan fingerprint density at radius 2 is 1.71 bits per heavy atom. The quantitative estimate of drug-likeness (QED) is 0.675. The van der Waals surface area contributed by atoms with Gasteiger partial charge in [-0.1, -0.05) is 18.2 Å². The van der Waals surface area contributed by atoms with Crippen molar-refractivity contribution < 1.29 is 22.4 Å². The van der Waals surface area contributed by atoms with Crippen molar-refractivity contribution in [2.75, 3.05) is 5.32 Å². The number of halogens is 4. The van der Waals surface area contributed by atoms with Gasteiger partial charge < -0.3 is 9.88 Å². The molecule has 0 atom stereocenters. The van der Waals surface area contributed by atoms with Crippen LogP contribution in [-0.2, 0) is 12.7 Å². The van der Waals surface area contributed by atoms with Gasteiger partial charge >= 0.3 is 6.18 Å². The molecule has 0 unspecified atom stereocenters. The van der Waals surface area contributed by atoms with E-state index in [1.54, 1.807) is 0 Å². The summed E-state index contributed by atoms with van der Waals surface area (Å²) < 4.78 is 52.6. The number of rotatable bonds is 4. The molecule has 0 aliphatic rings. The first-order valence-corrected chi connectivity index (χ1v) is 8.16. The molecule has 1 aromatic heterocycles.